The molecule has 0 unspecified atom stereocenters. The number of amides is 1. The highest BCUT2D eigenvalue weighted by Gasteiger charge is 2.10. The number of unbranched alkanes of at least 4 members (excludes halogenated alkanes) is 2. The van der Waals surface area contributed by atoms with Crippen LogP contribution < -0.4 is 5.32 Å². The van der Waals surface area contributed by atoms with E-state index in [0.29, 0.717) is 6.42 Å². The third kappa shape index (κ3) is 4.16. The van der Waals surface area contributed by atoms with Gasteiger partial charge in [0.25, 0.3) is 0 Å². The third-order valence-electron chi connectivity index (χ3n) is 2.50. The van der Waals surface area contributed by atoms with Crippen LogP contribution in [0, 0.1) is 5.82 Å². The number of rotatable bonds is 6. The zero-order valence-corrected chi connectivity index (χ0v) is 10.2. The normalized spacial score (nSPS) is 10.1. The maximum absolute atomic E-state index is 13.5. The molecule has 1 amide bonds. The molecule has 1 aromatic rings. The van der Waals surface area contributed by atoms with Gasteiger partial charge in [-0.1, -0.05) is 19.8 Å². The summed E-state index contributed by atoms with van der Waals surface area (Å²) < 4.78 is 13.5. The molecule has 0 atom stereocenters. The minimum absolute atomic E-state index is 0.0153. The van der Waals surface area contributed by atoms with Crippen molar-refractivity contribution in [3.05, 3.63) is 29.6 Å². The zero-order chi connectivity index (χ0) is 13.5. The van der Waals surface area contributed by atoms with E-state index in [9.17, 15) is 14.0 Å². The van der Waals surface area contributed by atoms with Gasteiger partial charge in [0.05, 0.1) is 11.3 Å². The van der Waals surface area contributed by atoms with Crippen molar-refractivity contribution >= 4 is 17.6 Å². The van der Waals surface area contributed by atoms with Gasteiger partial charge < -0.3 is 10.4 Å². The summed E-state index contributed by atoms with van der Waals surface area (Å²) in [6.07, 6.45) is 3.06. The number of hydrogen-bond donors (Lipinski definition) is 2. The van der Waals surface area contributed by atoms with Gasteiger partial charge in [-0.15, -0.1) is 0 Å². The summed E-state index contributed by atoms with van der Waals surface area (Å²) in [7, 11) is 0. The minimum atomic E-state index is -1.20. The number of carboxylic acids is 1. The fourth-order valence-electron chi connectivity index (χ4n) is 1.50. The molecule has 98 valence electrons. The molecule has 0 radical (unpaired) electrons. The molecule has 0 aliphatic carbocycles. The average molecular weight is 253 g/mol. The van der Waals surface area contributed by atoms with Gasteiger partial charge >= 0.3 is 5.97 Å². The summed E-state index contributed by atoms with van der Waals surface area (Å²) in [5, 5.41) is 11.1. The van der Waals surface area contributed by atoms with Crippen molar-refractivity contribution in [2.24, 2.45) is 0 Å². The van der Waals surface area contributed by atoms with E-state index in [1.807, 2.05) is 6.92 Å². The molecule has 0 aliphatic rings. The number of aromatic carboxylic acids is 1. The van der Waals surface area contributed by atoms with E-state index in [2.05, 4.69) is 5.32 Å². The van der Waals surface area contributed by atoms with Crippen molar-refractivity contribution in [3.8, 4) is 0 Å². The lowest BCUT2D eigenvalue weighted by Crippen LogP contribution is -2.12. The third-order valence-corrected chi connectivity index (χ3v) is 2.50. The fourth-order valence-corrected chi connectivity index (χ4v) is 1.50. The van der Waals surface area contributed by atoms with Crippen LogP contribution in [0.15, 0.2) is 18.2 Å². The minimum Gasteiger partial charge on any atom is -0.478 e. The number of carbonyl (C=O) groups excluding carboxylic acids is 1. The van der Waals surface area contributed by atoms with E-state index in [4.69, 9.17) is 5.11 Å². The number of benzene rings is 1. The van der Waals surface area contributed by atoms with Crippen molar-refractivity contribution < 1.29 is 19.1 Å². The summed E-state index contributed by atoms with van der Waals surface area (Å²) in [6, 6.07) is 3.41. The van der Waals surface area contributed by atoms with Crippen LogP contribution in [0.25, 0.3) is 0 Å². The molecule has 0 heterocycles. The Bertz CT molecular complexity index is 446. The first kappa shape index (κ1) is 14.2. The van der Waals surface area contributed by atoms with Crippen LogP contribution in [0.3, 0.4) is 0 Å². The first-order chi connectivity index (χ1) is 8.54. The van der Waals surface area contributed by atoms with E-state index >= 15 is 0 Å². The highest BCUT2D eigenvalue weighted by atomic mass is 19.1. The highest BCUT2D eigenvalue weighted by Crippen LogP contribution is 2.16. The zero-order valence-electron chi connectivity index (χ0n) is 10.2. The lowest BCUT2D eigenvalue weighted by Gasteiger charge is -2.06. The van der Waals surface area contributed by atoms with Gasteiger partial charge in [0.2, 0.25) is 5.91 Å². The average Bonchev–Trinajstić information content (AvgIpc) is 2.32. The van der Waals surface area contributed by atoms with Gasteiger partial charge in [0, 0.05) is 6.42 Å². The molecular weight excluding hydrogens is 237 g/mol. The van der Waals surface area contributed by atoms with E-state index in [1.54, 1.807) is 0 Å². The van der Waals surface area contributed by atoms with E-state index in [0.717, 1.165) is 25.3 Å². The van der Waals surface area contributed by atoms with Crippen LogP contribution in [0.4, 0.5) is 10.1 Å². The molecule has 0 saturated heterocycles. The Morgan fingerprint density at radius 2 is 2.06 bits per heavy atom. The molecule has 4 nitrogen and oxygen atoms in total. The van der Waals surface area contributed by atoms with Crippen molar-refractivity contribution in [1.29, 1.82) is 0 Å². The molecule has 0 spiro atoms. The summed E-state index contributed by atoms with van der Waals surface area (Å²) in [5.41, 5.74) is -0.127. The summed E-state index contributed by atoms with van der Waals surface area (Å²) in [6.45, 7) is 2.03. The predicted octanol–water partition coefficient (Wildman–Crippen LogP) is 3.04. The summed E-state index contributed by atoms with van der Waals surface area (Å²) >= 11 is 0. The van der Waals surface area contributed by atoms with Gasteiger partial charge in [-0.3, -0.25) is 4.79 Å². The van der Waals surface area contributed by atoms with E-state index < -0.39 is 11.8 Å². The number of nitrogens with one attached hydrogen (secondary N) is 1. The van der Waals surface area contributed by atoms with Gasteiger partial charge in [-0.25, -0.2) is 9.18 Å². The number of halogens is 1. The fraction of sp³-hybridized carbons (Fsp3) is 0.385. The summed E-state index contributed by atoms with van der Waals surface area (Å²) in [4.78, 5) is 22.1. The number of anilines is 1. The van der Waals surface area contributed by atoms with Crippen molar-refractivity contribution in [1.82, 2.24) is 0 Å². The molecule has 0 aromatic heterocycles. The van der Waals surface area contributed by atoms with Crippen LogP contribution in [0.2, 0.25) is 0 Å². The Morgan fingerprint density at radius 3 is 2.61 bits per heavy atom. The monoisotopic (exact) mass is 253 g/mol. The second-order valence-corrected chi connectivity index (χ2v) is 4.01. The maximum atomic E-state index is 13.5. The van der Waals surface area contributed by atoms with E-state index in [1.165, 1.54) is 12.1 Å². The standard InChI is InChI=1S/C13H16FNO3/c1-2-3-4-5-12(16)15-11-7-6-9(13(17)18)8-10(11)14/h6-8H,2-5H2,1H3,(H,15,16)(H,17,18). The maximum Gasteiger partial charge on any atom is 0.335 e. The molecule has 18 heavy (non-hydrogen) atoms. The van der Waals surface area contributed by atoms with Crippen LogP contribution in [-0.4, -0.2) is 17.0 Å². The van der Waals surface area contributed by atoms with Crippen LogP contribution in [0.5, 0.6) is 0 Å². The Balaban J connectivity index is 2.62. The first-order valence-corrected chi connectivity index (χ1v) is 5.87. The van der Waals surface area contributed by atoms with Crippen molar-refractivity contribution in [2.75, 3.05) is 5.32 Å². The molecule has 5 heteroatoms. The SMILES string of the molecule is CCCCCC(=O)Nc1ccc(C(=O)O)cc1F. The van der Waals surface area contributed by atoms with E-state index in [-0.39, 0.29) is 17.2 Å². The van der Waals surface area contributed by atoms with Gasteiger partial charge in [0.15, 0.2) is 0 Å². The number of hydrogen-bond acceptors (Lipinski definition) is 2. The Kier molecular flexibility index (Phi) is 5.30. The number of carbonyl (C=O) groups is 2. The van der Waals surface area contributed by atoms with Crippen molar-refractivity contribution in [2.45, 2.75) is 32.6 Å². The molecule has 0 aliphatic heterocycles. The van der Waals surface area contributed by atoms with Gasteiger partial charge in [-0.2, -0.15) is 0 Å². The second kappa shape index (κ2) is 6.74. The molecule has 0 bridgehead atoms. The molecular formula is C13H16FNO3. The van der Waals surface area contributed by atoms with Gasteiger partial charge in [0.1, 0.15) is 5.82 Å². The highest BCUT2D eigenvalue weighted by molar-refractivity contribution is 5.92. The Labute approximate surface area is 105 Å². The van der Waals surface area contributed by atoms with Crippen LogP contribution >= 0.6 is 0 Å². The Morgan fingerprint density at radius 1 is 1.33 bits per heavy atom. The lowest BCUT2D eigenvalue weighted by atomic mass is 10.1. The van der Waals surface area contributed by atoms with Crippen molar-refractivity contribution in [3.63, 3.8) is 0 Å². The largest absolute Gasteiger partial charge is 0.478 e. The smallest absolute Gasteiger partial charge is 0.335 e. The second-order valence-electron chi connectivity index (χ2n) is 4.01. The molecule has 0 fully saturated rings. The summed E-state index contributed by atoms with van der Waals surface area (Å²) in [5.74, 6) is -2.20. The molecule has 2 N–H and O–H groups in total. The lowest BCUT2D eigenvalue weighted by molar-refractivity contribution is -0.116. The topological polar surface area (TPSA) is 66.4 Å². The number of carboxylic acid groups (broad SMARTS) is 1. The predicted molar refractivity (Wildman–Crippen MR) is 66.1 cm³/mol. The first-order valence-electron chi connectivity index (χ1n) is 5.87. The van der Waals surface area contributed by atoms with Crippen LogP contribution in [-0.2, 0) is 4.79 Å². The Hall–Kier alpha value is -1.91. The molecule has 1 aromatic carbocycles. The quantitative estimate of drug-likeness (QED) is 0.766. The van der Waals surface area contributed by atoms with Crippen LogP contribution in [0.1, 0.15) is 43.0 Å². The molecule has 0 saturated carbocycles. The molecule has 1 rings (SSSR count). The van der Waals surface area contributed by atoms with Gasteiger partial charge in [-0.05, 0) is 24.6 Å².